The van der Waals surface area contributed by atoms with Crippen molar-refractivity contribution < 1.29 is 4.79 Å². The van der Waals surface area contributed by atoms with E-state index in [4.69, 9.17) is 0 Å². The van der Waals surface area contributed by atoms with Gasteiger partial charge in [0.05, 0.1) is 5.52 Å². The van der Waals surface area contributed by atoms with E-state index in [2.05, 4.69) is 29.7 Å². The Balaban J connectivity index is 1.90. The zero-order chi connectivity index (χ0) is 11.8. The summed E-state index contributed by atoms with van der Waals surface area (Å²) in [7, 11) is 0. The van der Waals surface area contributed by atoms with Crippen molar-refractivity contribution >= 4 is 29.4 Å². The topological polar surface area (TPSA) is 36.1 Å². The number of thiol groups is 1. The lowest BCUT2D eigenvalue weighted by molar-refractivity contribution is -0.128. The van der Waals surface area contributed by atoms with Gasteiger partial charge in [0.2, 0.25) is 5.91 Å². The Bertz CT molecular complexity index is 563. The van der Waals surface area contributed by atoms with Gasteiger partial charge in [-0.05, 0) is 17.0 Å². The molecule has 3 rings (SSSR count). The molecule has 2 aromatic rings. The number of hydrogen-bond acceptors (Lipinski definition) is 2. The second-order valence-electron chi connectivity index (χ2n) is 4.49. The Kier molecular flexibility index (Phi) is 2.59. The maximum atomic E-state index is 11.7. The van der Waals surface area contributed by atoms with Crippen molar-refractivity contribution in [1.29, 1.82) is 0 Å². The zero-order valence-corrected chi connectivity index (χ0v) is 10.3. The number of nitrogens with zero attached hydrogens (tertiary/aromatic N) is 1. The normalized spacial score (nSPS) is 20.4. The maximum absolute atomic E-state index is 11.7. The van der Waals surface area contributed by atoms with Crippen molar-refractivity contribution in [2.24, 2.45) is 0 Å². The van der Waals surface area contributed by atoms with Crippen LogP contribution >= 0.6 is 12.6 Å². The molecule has 1 aliphatic rings. The second-order valence-corrected chi connectivity index (χ2v) is 5.22. The average Bonchev–Trinajstić information content (AvgIpc) is 2.87. The summed E-state index contributed by atoms with van der Waals surface area (Å²) in [5, 5.41) is 1.38. The fourth-order valence-electron chi connectivity index (χ4n) is 2.39. The molecule has 17 heavy (non-hydrogen) atoms. The molecule has 1 N–H and O–H groups in total. The van der Waals surface area contributed by atoms with Crippen LogP contribution < -0.4 is 0 Å². The van der Waals surface area contributed by atoms with Gasteiger partial charge >= 0.3 is 0 Å². The lowest BCUT2D eigenvalue weighted by Gasteiger charge is -2.16. The minimum Gasteiger partial charge on any atom is -0.361 e. The van der Waals surface area contributed by atoms with Gasteiger partial charge < -0.3 is 9.88 Å². The average molecular weight is 246 g/mol. The molecule has 0 bridgehead atoms. The Morgan fingerprint density at radius 1 is 1.41 bits per heavy atom. The number of amides is 1. The molecule has 0 saturated carbocycles. The predicted octanol–water partition coefficient (Wildman–Crippen LogP) is 2.20. The number of likely N-dealkylation sites (tertiary alicyclic amines) is 1. The summed E-state index contributed by atoms with van der Waals surface area (Å²) >= 11 is 4.37. The molecule has 1 unspecified atom stereocenters. The van der Waals surface area contributed by atoms with E-state index in [0.717, 1.165) is 12.1 Å². The van der Waals surface area contributed by atoms with Crippen LogP contribution in [0.5, 0.6) is 0 Å². The maximum Gasteiger partial charge on any atom is 0.224 e. The first-order valence-corrected chi connectivity index (χ1v) is 6.26. The van der Waals surface area contributed by atoms with Crippen LogP contribution in [0, 0.1) is 0 Å². The van der Waals surface area contributed by atoms with Crippen molar-refractivity contribution in [2.75, 3.05) is 6.54 Å². The van der Waals surface area contributed by atoms with Gasteiger partial charge in [-0.2, -0.15) is 12.6 Å². The van der Waals surface area contributed by atoms with Gasteiger partial charge in [-0.3, -0.25) is 4.79 Å². The second kappa shape index (κ2) is 4.11. The number of para-hydroxylation sites is 1. The summed E-state index contributed by atoms with van der Waals surface area (Å²) in [6.45, 7) is 1.42. The molecule has 1 amide bonds. The van der Waals surface area contributed by atoms with Crippen LogP contribution in [0.25, 0.3) is 10.9 Å². The molecule has 2 heterocycles. The third-order valence-corrected chi connectivity index (χ3v) is 3.57. The minimum absolute atomic E-state index is 0.186. The van der Waals surface area contributed by atoms with Crippen molar-refractivity contribution in [3.05, 3.63) is 36.0 Å². The van der Waals surface area contributed by atoms with Gasteiger partial charge in [-0.15, -0.1) is 0 Å². The molecule has 0 aliphatic carbocycles. The van der Waals surface area contributed by atoms with Gasteiger partial charge in [-0.25, -0.2) is 0 Å². The Morgan fingerprint density at radius 2 is 2.29 bits per heavy atom. The lowest BCUT2D eigenvalue weighted by Crippen LogP contribution is -2.24. The number of nitrogens with one attached hydrogen (secondary N) is 1. The van der Waals surface area contributed by atoms with E-state index < -0.39 is 0 Å². The predicted molar refractivity (Wildman–Crippen MR) is 71.1 cm³/mol. The smallest absolute Gasteiger partial charge is 0.224 e. The van der Waals surface area contributed by atoms with E-state index >= 15 is 0 Å². The summed E-state index contributed by atoms with van der Waals surface area (Å²) in [4.78, 5) is 16.8. The number of fused-ring (bicyclic) bond motifs is 1. The van der Waals surface area contributed by atoms with Crippen LogP contribution in [0.4, 0.5) is 0 Å². The SMILES string of the molecule is O=C1CC(S)CN1Cc1cccc2cc[nH]c12. The number of hydrogen-bond donors (Lipinski definition) is 2. The number of carbonyl (C=O) groups is 1. The molecule has 0 radical (unpaired) electrons. The van der Waals surface area contributed by atoms with E-state index in [9.17, 15) is 4.79 Å². The van der Waals surface area contributed by atoms with Crippen LogP contribution in [0.15, 0.2) is 30.5 Å². The van der Waals surface area contributed by atoms with Gasteiger partial charge in [0.25, 0.3) is 0 Å². The van der Waals surface area contributed by atoms with Crippen LogP contribution in [0.1, 0.15) is 12.0 Å². The molecule has 3 nitrogen and oxygen atoms in total. The van der Waals surface area contributed by atoms with Gasteiger partial charge in [-0.1, -0.05) is 18.2 Å². The summed E-state index contributed by atoms with van der Waals surface area (Å²) in [5.74, 6) is 0.202. The largest absolute Gasteiger partial charge is 0.361 e. The van der Waals surface area contributed by atoms with Crippen molar-refractivity contribution in [2.45, 2.75) is 18.2 Å². The number of aromatic nitrogens is 1. The number of carbonyl (C=O) groups excluding carboxylic acids is 1. The number of aromatic amines is 1. The summed E-state index contributed by atoms with van der Waals surface area (Å²) in [6.07, 6.45) is 2.49. The Morgan fingerprint density at radius 3 is 3.06 bits per heavy atom. The lowest BCUT2D eigenvalue weighted by atomic mass is 10.1. The van der Waals surface area contributed by atoms with Crippen LogP contribution in [0.3, 0.4) is 0 Å². The van der Waals surface area contributed by atoms with Gasteiger partial charge in [0, 0.05) is 31.0 Å². The fraction of sp³-hybridized carbons (Fsp3) is 0.308. The van der Waals surface area contributed by atoms with Crippen molar-refractivity contribution in [3.63, 3.8) is 0 Å². The molecule has 1 aromatic carbocycles. The standard InChI is InChI=1S/C13H14N2OS/c16-12-6-11(17)8-15(12)7-10-3-1-2-9-4-5-14-13(9)10/h1-5,11,14,17H,6-8H2. The Hall–Kier alpha value is -1.42. The number of benzene rings is 1. The van der Waals surface area contributed by atoms with Gasteiger partial charge in [0.1, 0.15) is 0 Å². The monoisotopic (exact) mass is 246 g/mol. The van der Waals surface area contributed by atoms with E-state index in [1.807, 2.05) is 23.2 Å². The first-order chi connectivity index (χ1) is 8.24. The molecule has 1 fully saturated rings. The first-order valence-electron chi connectivity index (χ1n) is 5.75. The molecule has 88 valence electrons. The van der Waals surface area contributed by atoms with Crippen molar-refractivity contribution in [3.8, 4) is 0 Å². The molecular formula is C13H14N2OS. The summed E-state index contributed by atoms with van der Waals surface area (Å²) < 4.78 is 0. The number of H-pyrrole nitrogens is 1. The molecule has 1 atom stereocenters. The molecule has 0 spiro atoms. The van der Waals surface area contributed by atoms with E-state index in [1.165, 1.54) is 10.9 Å². The highest BCUT2D eigenvalue weighted by molar-refractivity contribution is 7.81. The minimum atomic E-state index is 0.186. The van der Waals surface area contributed by atoms with E-state index in [1.54, 1.807) is 0 Å². The Labute approximate surface area is 105 Å². The highest BCUT2D eigenvalue weighted by Gasteiger charge is 2.27. The third-order valence-electron chi connectivity index (χ3n) is 3.23. The fourth-order valence-corrected chi connectivity index (χ4v) is 2.74. The third kappa shape index (κ3) is 1.93. The van der Waals surface area contributed by atoms with Crippen molar-refractivity contribution in [1.82, 2.24) is 9.88 Å². The highest BCUT2D eigenvalue weighted by atomic mass is 32.1. The van der Waals surface area contributed by atoms with Crippen LogP contribution in [-0.4, -0.2) is 27.6 Å². The zero-order valence-electron chi connectivity index (χ0n) is 9.39. The molecule has 4 heteroatoms. The highest BCUT2D eigenvalue weighted by Crippen LogP contribution is 2.22. The molecular weight excluding hydrogens is 232 g/mol. The van der Waals surface area contributed by atoms with Gasteiger partial charge in [0.15, 0.2) is 0 Å². The molecule has 1 aliphatic heterocycles. The quantitative estimate of drug-likeness (QED) is 0.783. The molecule has 1 saturated heterocycles. The first kappa shape index (κ1) is 10.7. The van der Waals surface area contributed by atoms with Crippen LogP contribution in [-0.2, 0) is 11.3 Å². The van der Waals surface area contributed by atoms with E-state index in [0.29, 0.717) is 13.0 Å². The number of rotatable bonds is 2. The summed E-state index contributed by atoms with van der Waals surface area (Å²) in [5.41, 5.74) is 2.30. The van der Waals surface area contributed by atoms with Crippen LogP contribution in [0.2, 0.25) is 0 Å². The van der Waals surface area contributed by atoms with E-state index in [-0.39, 0.29) is 11.2 Å². The summed E-state index contributed by atoms with van der Waals surface area (Å²) in [6, 6.07) is 8.22. The molecule has 1 aromatic heterocycles.